The maximum Gasteiger partial charge on any atom is 0.289 e. The predicted molar refractivity (Wildman–Crippen MR) is 105 cm³/mol. The van der Waals surface area contributed by atoms with Crippen molar-refractivity contribution in [2.75, 3.05) is 14.2 Å². The predicted octanol–water partition coefficient (Wildman–Crippen LogP) is 4.41. The van der Waals surface area contributed by atoms with Gasteiger partial charge in [0.25, 0.3) is 5.24 Å². The van der Waals surface area contributed by atoms with E-state index in [1.807, 2.05) is 6.07 Å². The smallest absolute Gasteiger partial charge is 0.289 e. The Hall–Kier alpha value is -2.06. The number of methoxy groups -OCH3 is 2. The minimum atomic E-state index is -0.535. The molecule has 2 aromatic rings. The molecule has 1 atom stereocenters. The van der Waals surface area contributed by atoms with Crippen LogP contribution in [0, 0.1) is 5.82 Å². The second-order valence-electron chi connectivity index (χ2n) is 5.93. The molecule has 0 spiro atoms. The number of amides is 2. The van der Waals surface area contributed by atoms with Gasteiger partial charge in [0.2, 0.25) is 5.91 Å². The molecule has 0 N–H and O–H groups in total. The molecule has 0 saturated carbocycles. The van der Waals surface area contributed by atoms with E-state index in [4.69, 9.17) is 9.47 Å². The number of benzene rings is 2. The van der Waals surface area contributed by atoms with Crippen LogP contribution in [0.15, 0.2) is 40.9 Å². The van der Waals surface area contributed by atoms with Gasteiger partial charge in [-0.25, -0.2) is 4.39 Å². The summed E-state index contributed by atoms with van der Waals surface area (Å²) in [6.07, 6.45) is 0.348. The number of carbonyl (C=O) groups is 2. The molecule has 2 amide bonds. The number of nitrogens with zero attached hydrogens (tertiary/aromatic N) is 1. The highest BCUT2D eigenvalue weighted by Gasteiger charge is 2.39. The van der Waals surface area contributed by atoms with Crippen LogP contribution in [0.4, 0.5) is 9.18 Å². The fraction of sp³-hybridized carbons (Fsp3) is 0.263. The third kappa shape index (κ3) is 4.27. The SMILES string of the molecule is COc1cc(OC)c(C[C@H]2SC(=O)N(Cc3ccc(F)cc3)C2=O)cc1Br. The number of rotatable bonds is 6. The molecular weight excluding hydrogens is 437 g/mol. The lowest BCUT2D eigenvalue weighted by atomic mass is 10.1. The van der Waals surface area contributed by atoms with Gasteiger partial charge >= 0.3 is 0 Å². The molecule has 1 aliphatic rings. The highest BCUT2D eigenvalue weighted by atomic mass is 79.9. The molecule has 3 rings (SSSR count). The first-order valence-corrected chi connectivity index (χ1v) is 9.77. The third-order valence-electron chi connectivity index (χ3n) is 4.22. The molecule has 5 nitrogen and oxygen atoms in total. The summed E-state index contributed by atoms with van der Waals surface area (Å²) in [5.41, 5.74) is 1.50. The van der Waals surface area contributed by atoms with Crippen LogP contribution in [0.25, 0.3) is 0 Å². The Morgan fingerprint density at radius 2 is 1.78 bits per heavy atom. The molecule has 0 aromatic heterocycles. The van der Waals surface area contributed by atoms with Gasteiger partial charge in [-0.05, 0) is 51.7 Å². The van der Waals surface area contributed by atoms with E-state index in [1.165, 1.54) is 17.0 Å². The van der Waals surface area contributed by atoms with Crippen LogP contribution < -0.4 is 9.47 Å². The highest BCUT2D eigenvalue weighted by molar-refractivity contribution is 9.10. The Morgan fingerprint density at radius 1 is 1.11 bits per heavy atom. The Kier molecular flexibility index (Phi) is 6.06. The van der Waals surface area contributed by atoms with Crippen molar-refractivity contribution in [3.05, 3.63) is 57.8 Å². The van der Waals surface area contributed by atoms with Crippen molar-refractivity contribution < 1.29 is 23.5 Å². The van der Waals surface area contributed by atoms with Gasteiger partial charge in [-0.2, -0.15) is 0 Å². The van der Waals surface area contributed by atoms with E-state index in [-0.39, 0.29) is 23.5 Å². The molecular formula is C19H17BrFNO4S. The summed E-state index contributed by atoms with van der Waals surface area (Å²) in [6, 6.07) is 9.32. The Morgan fingerprint density at radius 3 is 2.41 bits per heavy atom. The first-order valence-electron chi connectivity index (χ1n) is 8.09. The molecule has 1 aliphatic heterocycles. The summed E-state index contributed by atoms with van der Waals surface area (Å²) in [4.78, 5) is 26.2. The largest absolute Gasteiger partial charge is 0.496 e. The summed E-state index contributed by atoms with van der Waals surface area (Å²) in [7, 11) is 3.10. The number of ether oxygens (including phenoxy) is 2. The van der Waals surface area contributed by atoms with E-state index in [2.05, 4.69) is 15.9 Å². The third-order valence-corrected chi connectivity index (χ3v) is 5.91. The summed E-state index contributed by atoms with van der Waals surface area (Å²) < 4.78 is 24.4. The quantitative estimate of drug-likeness (QED) is 0.647. The molecule has 0 aliphatic carbocycles. The molecule has 1 fully saturated rings. The number of thioether (sulfide) groups is 1. The zero-order chi connectivity index (χ0) is 19.6. The molecule has 1 heterocycles. The molecule has 0 bridgehead atoms. The summed E-state index contributed by atoms with van der Waals surface area (Å²) in [5, 5.41) is -0.840. The van der Waals surface area contributed by atoms with E-state index in [0.29, 0.717) is 23.5 Å². The van der Waals surface area contributed by atoms with Crippen molar-refractivity contribution in [1.29, 1.82) is 0 Å². The van der Waals surface area contributed by atoms with Crippen molar-refractivity contribution >= 4 is 38.8 Å². The van der Waals surface area contributed by atoms with E-state index in [1.54, 1.807) is 32.4 Å². The second kappa shape index (κ2) is 8.31. The average molecular weight is 454 g/mol. The molecule has 8 heteroatoms. The van der Waals surface area contributed by atoms with Gasteiger partial charge in [0.05, 0.1) is 30.5 Å². The molecule has 0 radical (unpaired) electrons. The van der Waals surface area contributed by atoms with E-state index in [9.17, 15) is 14.0 Å². The molecule has 142 valence electrons. The number of hydrogen-bond donors (Lipinski definition) is 0. The normalized spacial score (nSPS) is 16.7. The van der Waals surface area contributed by atoms with Crippen molar-refractivity contribution in [3.8, 4) is 11.5 Å². The average Bonchev–Trinajstić information content (AvgIpc) is 2.91. The van der Waals surface area contributed by atoms with E-state index in [0.717, 1.165) is 21.8 Å². The van der Waals surface area contributed by atoms with Crippen LogP contribution in [-0.4, -0.2) is 35.5 Å². The van der Waals surface area contributed by atoms with Gasteiger partial charge in [-0.15, -0.1) is 0 Å². The summed E-state index contributed by atoms with van der Waals surface area (Å²) in [5.74, 6) is 0.591. The first kappa shape index (κ1) is 19.7. The number of halogens is 2. The second-order valence-corrected chi connectivity index (χ2v) is 7.93. The summed E-state index contributed by atoms with van der Waals surface area (Å²) in [6.45, 7) is 0.130. The Balaban J connectivity index is 1.77. The van der Waals surface area contributed by atoms with Crippen molar-refractivity contribution in [2.24, 2.45) is 0 Å². The van der Waals surface area contributed by atoms with Crippen LogP contribution in [0.2, 0.25) is 0 Å². The molecule has 27 heavy (non-hydrogen) atoms. The van der Waals surface area contributed by atoms with Gasteiger partial charge < -0.3 is 9.47 Å². The van der Waals surface area contributed by atoms with Crippen molar-refractivity contribution in [3.63, 3.8) is 0 Å². The lowest BCUT2D eigenvalue weighted by Crippen LogP contribution is -2.31. The van der Waals surface area contributed by atoms with Gasteiger partial charge in [-0.3, -0.25) is 14.5 Å². The van der Waals surface area contributed by atoms with E-state index < -0.39 is 5.25 Å². The van der Waals surface area contributed by atoms with Crippen molar-refractivity contribution in [1.82, 2.24) is 4.90 Å². The maximum absolute atomic E-state index is 13.0. The van der Waals surface area contributed by atoms with Gasteiger partial charge in [-0.1, -0.05) is 23.9 Å². The molecule has 0 unspecified atom stereocenters. The van der Waals surface area contributed by atoms with Crippen LogP contribution in [0.3, 0.4) is 0 Å². The lowest BCUT2D eigenvalue weighted by molar-refractivity contribution is -0.127. The number of imide groups is 1. The van der Waals surface area contributed by atoms with Crippen LogP contribution >= 0.6 is 27.7 Å². The number of hydrogen-bond acceptors (Lipinski definition) is 5. The van der Waals surface area contributed by atoms with Crippen LogP contribution in [-0.2, 0) is 17.8 Å². The zero-order valence-corrected chi connectivity index (χ0v) is 17.1. The fourth-order valence-corrected chi connectivity index (χ4v) is 4.39. The lowest BCUT2D eigenvalue weighted by Gasteiger charge is -2.16. The van der Waals surface area contributed by atoms with Gasteiger partial charge in [0.1, 0.15) is 17.3 Å². The fourth-order valence-electron chi connectivity index (χ4n) is 2.82. The summed E-state index contributed by atoms with van der Waals surface area (Å²) >= 11 is 4.42. The van der Waals surface area contributed by atoms with Crippen molar-refractivity contribution in [2.45, 2.75) is 18.2 Å². The zero-order valence-electron chi connectivity index (χ0n) is 14.7. The topological polar surface area (TPSA) is 55.8 Å². The number of carbonyl (C=O) groups excluding carboxylic acids is 2. The minimum Gasteiger partial charge on any atom is -0.496 e. The first-order chi connectivity index (χ1) is 12.9. The van der Waals surface area contributed by atoms with Crippen LogP contribution in [0.5, 0.6) is 11.5 Å². The van der Waals surface area contributed by atoms with Gasteiger partial charge in [0, 0.05) is 6.07 Å². The standard InChI is InChI=1S/C19H17BrFNO4S/c1-25-15-9-16(26-2)14(20)7-12(15)8-17-18(23)22(19(24)27-17)10-11-3-5-13(21)6-4-11/h3-7,9,17H,8,10H2,1-2H3/t17-/m1/s1. The highest BCUT2D eigenvalue weighted by Crippen LogP contribution is 2.37. The van der Waals surface area contributed by atoms with E-state index >= 15 is 0 Å². The Labute approximate surface area is 169 Å². The molecule has 2 aromatic carbocycles. The minimum absolute atomic E-state index is 0.130. The molecule has 1 saturated heterocycles. The Bertz CT molecular complexity index is 875. The van der Waals surface area contributed by atoms with Gasteiger partial charge in [0.15, 0.2) is 0 Å². The monoisotopic (exact) mass is 453 g/mol. The maximum atomic E-state index is 13.0. The van der Waals surface area contributed by atoms with Crippen LogP contribution in [0.1, 0.15) is 11.1 Å².